The summed E-state index contributed by atoms with van der Waals surface area (Å²) >= 11 is 1.49. The first kappa shape index (κ1) is 26.0. The van der Waals surface area contributed by atoms with Crippen molar-refractivity contribution < 1.29 is 24.2 Å². The van der Waals surface area contributed by atoms with E-state index in [1.807, 2.05) is 58.0 Å². The molecule has 3 atom stereocenters. The molecule has 2 rings (SSSR count). The van der Waals surface area contributed by atoms with Crippen molar-refractivity contribution in [3.05, 3.63) is 35.9 Å². The first-order valence-electron chi connectivity index (χ1n) is 11.1. The molecule has 1 heterocycles. The van der Waals surface area contributed by atoms with Crippen molar-refractivity contribution >= 4 is 29.7 Å². The highest BCUT2D eigenvalue weighted by atomic mass is 32.2. The number of benzene rings is 1. The van der Waals surface area contributed by atoms with Crippen LogP contribution in [-0.2, 0) is 20.7 Å². The van der Waals surface area contributed by atoms with Gasteiger partial charge in [0.1, 0.15) is 6.04 Å². The van der Waals surface area contributed by atoms with Gasteiger partial charge >= 0.3 is 6.09 Å². The molecule has 0 radical (unpaired) electrons. The molecule has 3 amide bonds. The van der Waals surface area contributed by atoms with E-state index >= 15 is 0 Å². The van der Waals surface area contributed by atoms with Crippen LogP contribution in [0.15, 0.2) is 30.3 Å². The predicted molar refractivity (Wildman–Crippen MR) is 125 cm³/mol. The van der Waals surface area contributed by atoms with Gasteiger partial charge in [0, 0.05) is 11.3 Å². The van der Waals surface area contributed by atoms with Crippen molar-refractivity contribution in [2.45, 2.75) is 69.9 Å². The molecule has 9 heteroatoms. The molecule has 1 fully saturated rings. The number of hydrogen-bond donors (Lipinski definition) is 3. The summed E-state index contributed by atoms with van der Waals surface area (Å²) in [5.41, 5.74) is 0.855. The summed E-state index contributed by atoms with van der Waals surface area (Å²) in [4.78, 5) is 39.8. The van der Waals surface area contributed by atoms with E-state index in [1.165, 1.54) is 16.7 Å². The van der Waals surface area contributed by atoms with Gasteiger partial charge in [0.05, 0.1) is 18.5 Å². The standard InChI is InChI=1S/C23H35N3O5S/c1-5-12-24-20(28)19-23(3,4)32-15-26(19)21(29)18(27)17(25-22(30)31-13-6-2)14-16-10-8-7-9-11-16/h7-11,17-19,27H,5-6,12-15H2,1-4H3,(H,24,28)(H,25,30)/t17-,18-,19?/m0/s1. The van der Waals surface area contributed by atoms with Crippen LogP contribution in [0.1, 0.15) is 46.1 Å². The van der Waals surface area contributed by atoms with E-state index < -0.39 is 34.9 Å². The van der Waals surface area contributed by atoms with Crippen LogP contribution in [-0.4, -0.2) is 69.9 Å². The smallest absolute Gasteiger partial charge is 0.407 e. The number of nitrogens with one attached hydrogen (secondary N) is 2. The summed E-state index contributed by atoms with van der Waals surface area (Å²) in [6.45, 7) is 8.42. The first-order valence-corrected chi connectivity index (χ1v) is 12.1. The van der Waals surface area contributed by atoms with Gasteiger partial charge in [-0.3, -0.25) is 9.59 Å². The molecule has 1 saturated heterocycles. The van der Waals surface area contributed by atoms with Crippen LogP contribution in [0.25, 0.3) is 0 Å². The molecule has 0 aromatic heterocycles. The number of rotatable bonds is 10. The zero-order valence-electron chi connectivity index (χ0n) is 19.3. The lowest BCUT2D eigenvalue weighted by molar-refractivity contribution is -0.147. The third kappa shape index (κ3) is 6.87. The summed E-state index contributed by atoms with van der Waals surface area (Å²) in [5, 5.41) is 16.5. The van der Waals surface area contributed by atoms with Gasteiger partial charge in [-0.2, -0.15) is 0 Å². The summed E-state index contributed by atoms with van der Waals surface area (Å²) in [6, 6.07) is 7.67. The van der Waals surface area contributed by atoms with Crippen LogP contribution in [0.3, 0.4) is 0 Å². The van der Waals surface area contributed by atoms with Crippen molar-refractivity contribution in [1.82, 2.24) is 15.5 Å². The fourth-order valence-electron chi connectivity index (χ4n) is 3.60. The molecule has 1 unspecified atom stereocenters. The van der Waals surface area contributed by atoms with Crippen molar-refractivity contribution in [3.8, 4) is 0 Å². The van der Waals surface area contributed by atoms with Gasteiger partial charge in [-0.1, -0.05) is 44.2 Å². The average Bonchev–Trinajstić information content (AvgIpc) is 3.10. The number of amides is 3. The maximum atomic E-state index is 13.3. The Labute approximate surface area is 194 Å². The molecular weight excluding hydrogens is 430 g/mol. The molecule has 0 saturated carbocycles. The summed E-state index contributed by atoms with van der Waals surface area (Å²) in [7, 11) is 0. The Morgan fingerprint density at radius 1 is 1.22 bits per heavy atom. The lowest BCUT2D eigenvalue weighted by Gasteiger charge is -2.33. The highest BCUT2D eigenvalue weighted by molar-refractivity contribution is 8.00. The maximum Gasteiger partial charge on any atom is 0.407 e. The van der Waals surface area contributed by atoms with Gasteiger partial charge in [-0.25, -0.2) is 4.79 Å². The lowest BCUT2D eigenvalue weighted by Crippen LogP contribution is -2.58. The molecule has 3 N–H and O–H groups in total. The van der Waals surface area contributed by atoms with Crippen LogP contribution in [0, 0.1) is 0 Å². The van der Waals surface area contributed by atoms with Crippen molar-refractivity contribution in [3.63, 3.8) is 0 Å². The molecule has 1 aliphatic rings. The molecule has 178 valence electrons. The Balaban J connectivity index is 2.21. The topological polar surface area (TPSA) is 108 Å². The molecule has 1 aliphatic heterocycles. The van der Waals surface area contributed by atoms with Crippen LogP contribution in [0.2, 0.25) is 0 Å². The SMILES string of the molecule is CCCNC(=O)C1N(C(=O)[C@@H](O)[C@H](Cc2ccccc2)NC(=O)OCCC)CSC1(C)C. The summed E-state index contributed by atoms with van der Waals surface area (Å²) in [5.74, 6) is -0.542. The molecule has 1 aromatic rings. The van der Waals surface area contributed by atoms with E-state index in [1.54, 1.807) is 0 Å². The second-order valence-electron chi connectivity index (χ2n) is 8.40. The van der Waals surface area contributed by atoms with Crippen LogP contribution in [0.4, 0.5) is 4.79 Å². The Morgan fingerprint density at radius 2 is 1.91 bits per heavy atom. The average molecular weight is 466 g/mol. The van der Waals surface area contributed by atoms with Crippen molar-refractivity contribution in [1.29, 1.82) is 0 Å². The van der Waals surface area contributed by atoms with Gasteiger partial charge in [-0.15, -0.1) is 11.8 Å². The van der Waals surface area contributed by atoms with E-state index in [4.69, 9.17) is 4.74 Å². The number of thioether (sulfide) groups is 1. The Kier molecular flexibility index (Phi) is 9.84. The number of ether oxygens (including phenoxy) is 1. The summed E-state index contributed by atoms with van der Waals surface area (Å²) < 4.78 is 4.59. The summed E-state index contributed by atoms with van der Waals surface area (Å²) in [6.07, 6.45) is -0.529. The van der Waals surface area contributed by atoms with Crippen molar-refractivity contribution in [2.75, 3.05) is 19.0 Å². The first-order chi connectivity index (χ1) is 15.2. The fourth-order valence-corrected chi connectivity index (χ4v) is 4.74. The molecule has 0 bridgehead atoms. The number of nitrogens with zero attached hydrogens (tertiary/aromatic N) is 1. The highest BCUT2D eigenvalue weighted by Crippen LogP contribution is 2.39. The third-order valence-electron chi connectivity index (χ3n) is 5.30. The molecule has 1 aromatic carbocycles. The van der Waals surface area contributed by atoms with Crippen molar-refractivity contribution in [2.24, 2.45) is 0 Å². The number of aliphatic hydroxyl groups excluding tert-OH is 1. The third-order valence-corrected chi connectivity index (χ3v) is 6.67. The van der Waals surface area contributed by atoms with E-state index in [2.05, 4.69) is 10.6 Å². The number of aliphatic hydroxyl groups is 1. The monoisotopic (exact) mass is 465 g/mol. The highest BCUT2D eigenvalue weighted by Gasteiger charge is 2.49. The number of carbonyl (C=O) groups excluding carboxylic acids is 3. The lowest BCUT2D eigenvalue weighted by atomic mass is 9.97. The number of carbonyl (C=O) groups is 3. The van der Waals surface area contributed by atoms with Gasteiger partial charge in [0.25, 0.3) is 5.91 Å². The minimum absolute atomic E-state index is 0.239. The van der Waals surface area contributed by atoms with E-state index in [0.717, 1.165) is 12.0 Å². The van der Waals surface area contributed by atoms with Crippen LogP contribution < -0.4 is 10.6 Å². The van der Waals surface area contributed by atoms with Gasteiger partial charge in [0.15, 0.2) is 6.10 Å². The fraction of sp³-hybridized carbons (Fsp3) is 0.609. The molecule has 0 aliphatic carbocycles. The Bertz CT molecular complexity index is 774. The van der Waals surface area contributed by atoms with Gasteiger partial charge in [-0.05, 0) is 38.7 Å². The van der Waals surface area contributed by atoms with E-state index in [-0.39, 0.29) is 24.8 Å². The minimum Gasteiger partial charge on any atom is -0.450 e. The molecule has 32 heavy (non-hydrogen) atoms. The van der Waals surface area contributed by atoms with Gasteiger partial charge < -0.3 is 25.4 Å². The normalized spacial score (nSPS) is 19.2. The minimum atomic E-state index is -1.53. The van der Waals surface area contributed by atoms with E-state index in [0.29, 0.717) is 13.0 Å². The number of hydrogen-bond acceptors (Lipinski definition) is 6. The predicted octanol–water partition coefficient (Wildman–Crippen LogP) is 2.30. The van der Waals surface area contributed by atoms with Crippen LogP contribution in [0.5, 0.6) is 0 Å². The quantitative estimate of drug-likeness (QED) is 0.489. The van der Waals surface area contributed by atoms with E-state index in [9.17, 15) is 19.5 Å². The maximum absolute atomic E-state index is 13.3. The van der Waals surface area contributed by atoms with Crippen LogP contribution >= 0.6 is 11.8 Å². The zero-order valence-corrected chi connectivity index (χ0v) is 20.1. The largest absolute Gasteiger partial charge is 0.450 e. The second kappa shape index (κ2) is 12.1. The molecule has 8 nitrogen and oxygen atoms in total. The second-order valence-corrected chi connectivity index (χ2v) is 10.00. The molecular formula is C23H35N3O5S. The Morgan fingerprint density at radius 3 is 2.53 bits per heavy atom. The Hall–Kier alpha value is -2.26. The van der Waals surface area contributed by atoms with Gasteiger partial charge in [0.2, 0.25) is 5.91 Å². The molecule has 0 spiro atoms. The number of alkyl carbamates (subject to hydrolysis) is 1. The zero-order chi connectivity index (χ0) is 23.7.